The van der Waals surface area contributed by atoms with Crippen molar-refractivity contribution < 1.29 is 13.9 Å². The minimum Gasteiger partial charge on any atom is -0.383 e. The summed E-state index contributed by atoms with van der Waals surface area (Å²) < 4.78 is 17.9. The third-order valence-corrected chi connectivity index (χ3v) is 2.35. The van der Waals surface area contributed by atoms with E-state index in [2.05, 4.69) is 4.98 Å². The lowest BCUT2D eigenvalue weighted by Crippen LogP contribution is -2.39. The van der Waals surface area contributed by atoms with Crippen molar-refractivity contribution >= 4 is 5.91 Å². The van der Waals surface area contributed by atoms with Gasteiger partial charge >= 0.3 is 0 Å². The fraction of sp³-hybridized carbons (Fsp3) is 0.500. The summed E-state index contributed by atoms with van der Waals surface area (Å²) >= 11 is 0. The number of ether oxygens (including phenoxy) is 1. The normalized spacial score (nSPS) is 10.6. The summed E-state index contributed by atoms with van der Waals surface area (Å²) in [6.45, 7) is 4.70. The number of halogens is 1. The molecule has 1 aromatic rings. The number of carbonyl (C=O) groups excluding carboxylic acids is 1. The van der Waals surface area contributed by atoms with Gasteiger partial charge in [-0.05, 0) is 26.0 Å². The van der Waals surface area contributed by atoms with Gasteiger partial charge in [-0.2, -0.15) is 4.39 Å². The van der Waals surface area contributed by atoms with E-state index in [9.17, 15) is 9.18 Å². The maximum absolute atomic E-state index is 12.9. The summed E-state index contributed by atoms with van der Waals surface area (Å²) in [4.78, 5) is 17.3. The van der Waals surface area contributed by atoms with Gasteiger partial charge < -0.3 is 9.64 Å². The van der Waals surface area contributed by atoms with Crippen molar-refractivity contribution in [3.05, 3.63) is 29.8 Å². The summed E-state index contributed by atoms with van der Waals surface area (Å²) in [5.41, 5.74) is 0.120. The minimum absolute atomic E-state index is 0.0164. The van der Waals surface area contributed by atoms with Gasteiger partial charge in [0.15, 0.2) is 0 Å². The standard InChI is InChI=1S/C12H17FN2O2/c1-9(2)15(7-8-17-3)12(16)10-5-4-6-11(13)14-10/h4-6,9H,7-8H2,1-3H3. The number of aromatic nitrogens is 1. The fourth-order valence-corrected chi connectivity index (χ4v) is 1.46. The molecule has 4 nitrogen and oxygen atoms in total. The average Bonchev–Trinajstić information content (AvgIpc) is 2.29. The molecule has 1 aromatic heterocycles. The highest BCUT2D eigenvalue weighted by Crippen LogP contribution is 2.07. The van der Waals surface area contributed by atoms with Crippen LogP contribution in [0, 0.1) is 5.95 Å². The minimum atomic E-state index is -0.647. The Hall–Kier alpha value is -1.49. The van der Waals surface area contributed by atoms with Crippen LogP contribution in [0.5, 0.6) is 0 Å². The van der Waals surface area contributed by atoms with E-state index in [1.807, 2.05) is 13.8 Å². The first-order valence-electron chi connectivity index (χ1n) is 5.48. The monoisotopic (exact) mass is 240 g/mol. The van der Waals surface area contributed by atoms with Crippen LogP contribution in [0.1, 0.15) is 24.3 Å². The van der Waals surface area contributed by atoms with E-state index in [4.69, 9.17) is 4.74 Å². The van der Waals surface area contributed by atoms with Gasteiger partial charge in [-0.25, -0.2) is 4.98 Å². The predicted octanol–water partition coefficient (Wildman–Crippen LogP) is 1.72. The SMILES string of the molecule is COCCN(C(=O)c1cccc(F)n1)C(C)C. The first kappa shape index (κ1) is 13.6. The van der Waals surface area contributed by atoms with Crippen LogP contribution in [0.2, 0.25) is 0 Å². The van der Waals surface area contributed by atoms with Gasteiger partial charge in [0.05, 0.1) is 6.61 Å². The first-order valence-corrected chi connectivity index (χ1v) is 5.48. The summed E-state index contributed by atoms with van der Waals surface area (Å²) in [6, 6.07) is 4.21. The molecule has 0 spiro atoms. The average molecular weight is 240 g/mol. The lowest BCUT2D eigenvalue weighted by molar-refractivity contribution is 0.0628. The Bertz CT molecular complexity index is 383. The van der Waals surface area contributed by atoms with E-state index in [-0.39, 0.29) is 17.6 Å². The van der Waals surface area contributed by atoms with Crippen molar-refractivity contribution in [3.8, 4) is 0 Å². The van der Waals surface area contributed by atoms with Crippen molar-refractivity contribution in [1.29, 1.82) is 0 Å². The second-order valence-corrected chi connectivity index (χ2v) is 3.93. The number of hydrogen-bond acceptors (Lipinski definition) is 3. The highest BCUT2D eigenvalue weighted by atomic mass is 19.1. The van der Waals surface area contributed by atoms with Crippen LogP contribution in [0.4, 0.5) is 4.39 Å². The smallest absolute Gasteiger partial charge is 0.272 e. The van der Waals surface area contributed by atoms with Crippen molar-refractivity contribution in [3.63, 3.8) is 0 Å². The van der Waals surface area contributed by atoms with Crippen molar-refractivity contribution in [1.82, 2.24) is 9.88 Å². The molecule has 94 valence electrons. The van der Waals surface area contributed by atoms with Gasteiger partial charge in [-0.1, -0.05) is 6.07 Å². The second kappa shape index (κ2) is 6.30. The molecular weight excluding hydrogens is 223 g/mol. The molecule has 1 heterocycles. The zero-order valence-corrected chi connectivity index (χ0v) is 10.3. The molecule has 1 rings (SSSR count). The molecule has 0 saturated carbocycles. The Morgan fingerprint density at radius 1 is 1.53 bits per heavy atom. The molecule has 0 N–H and O–H groups in total. The first-order chi connectivity index (χ1) is 8.06. The van der Waals surface area contributed by atoms with Gasteiger partial charge in [0.2, 0.25) is 5.95 Å². The number of pyridine rings is 1. The zero-order valence-electron chi connectivity index (χ0n) is 10.3. The third-order valence-electron chi connectivity index (χ3n) is 2.35. The molecule has 1 amide bonds. The summed E-state index contributed by atoms with van der Waals surface area (Å²) in [6.07, 6.45) is 0. The molecule has 5 heteroatoms. The molecule has 0 aliphatic heterocycles. The number of hydrogen-bond donors (Lipinski definition) is 0. The molecular formula is C12H17FN2O2. The van der Waals surface area contributed by atoms with Crippen molar-refractivity contribution in [2.45, 2.75) is 19.9 Å². The van der Waals surface area contributed by atoms with E-state index in [0.29, 0.717) is 13.2 Å². The summed E-state index contributed by atoms with van der Waals surface area (Å²) in [7, 11) is 1.57. The van der Waals surface area contributed by atoms with E-state index >= 15 is 0 Å². The van der Waals surface area contributed by atoms with Gasteiger partial charge in [-0.15, -0.1) is 0 Å². The number of rotatable bonds is 5. The zero-order chi connectivity index (χ0) is 12.8. The Morgan fingerprint density at radius 3 is 2.76 bits per heavy atom. The van der Waals surface area contributed by atoms with Gasteiger partial charge in [0.1, 0.15) is 5.69 Å². The molecule has 0 fully saturated rings. The Morgan fingerprint density at radius 2 is 2.24 bits per heavy atom. The van der Waals surface area contributed by atoms with Crippen LogP contribution in [0.15, 0.2) is 18.2 Å². The van der Waals surface area contributed by atoms with E-state index in [1.165, 1.54) is 18.2 Å². The molecule has 0 bridgehead atoms. The van der Waals surface area contributed by atoms with Gasteiger partial charge in [0, 0.05) is 19.7 Å². The van der Waals surface area contributed by atoms with Gasteiger partial charge in [0.25, 0.3) is 5.91 Å². The van der Waals surface area contributed by atoms with E-state index in [1.54, 1.807) is 12.0 Å². The van der Waals surface area contributed by atoms with E-state index in [0.717, 1.165) is 0 Å². The van der Waals surface area contributed by atoms with Crippen LogP contribution < -0.4 is 0 Å². The molecule has 0 aromatic carbocycles. The molecule has 0 radical (unpaired) electrons. The van der Waals surface area contributed by atoms with Crippen LogP contribution in [0.25, 0.3) is 0 Å². The topological polar surface area (TPSA) is 42.4 Å². The third kappa shape index (κ3) is 3.78. The lowest BCUT2D eigenvalue weighted by atomic mass is 10.2. The largest absolute Gasteiger partial charge is 0.383 e. The molecule has 0 unspecified atom stereocenters. The number of amides is 1. The number of methoxy groups -OCH3 is 1. The molecule has 0 atom stereocenters. The van der Waals surface area contributed by atoms with Crippen LogP contribution >= 0.6 is 0 Å². The summed E-state index contributed by atoms with van der Waals surface area (Å²) in [5, 5.41) is 0. The van der Waals surface area contributed by atoms with Crippen molar-refractivity contribution in [2.75, 3.05) is 20.3 Å². The molecule has 0 aliphatic carbocycles. The number of nitrogens with zero attached hydrogens (tertiary/aromatic N) is 2. The van der Waals surface area contributed by atoms with Gasteiger partial charge in [-0.3, -0.25) is 4.79 Å². The van der Waals surface area contributed by atoms with E-state index < -0.39 is 5.95 Å². The maximum atomic E-state index is 12.9. The fourth-order valence-electron chi connectivity index (χ4n) is 1.46. The quantitative estimate of drug-likeness (QED) is 0.736. The van der Waals surface area contributed by atoms with Crippen molar-refractivity contribution in [2.24, 2.45) is 0 Å². The lowest BCUT2D eigenvalue weighted by Gasteiger charge is -2.26. The highest BCUT2D eigenvalue weighted by molar-refractivity contribution is 5.92. The number of carbonyl (C=O) groups is 1. The predicted molar refractivity (Wildman–Crippen MR) is 62.2 cm³/mol. The van der Waals surface area contributed by atoms with Crippen LogP contribution in [0.3, 0.4) is 0 Å². The summed E-state index contributed by atoms with van der Waals surface area (Å²) in [5.74, 6) is -0.928. The highest BCUT2D eigenvalue weighted by Gasteiger charge is 2.19. The Labute approximate surface area is 100 Å². The Balaban J connectivity index is 2.84. The molecule has 17 heavy (non-hydrogen) atoms. The molecule has 0 aliphatic rings. The van der Waals surface area contributed by atoms with Crippen LogP contribution in [-0.4, -0.2) is 42.1 Å². The molecule has 0 saturated heterocycles. The maximum Gasteiger partial charge on any atom is 0.272 e. The second-order valence-electron chi connectivity index (χ2n) is 3.93. The van der Waals surface area contributed by atoms with Crippen LogP contribution in [-0.2, 0) is 4.74 Å². The Kier molecular flexibility index (Phi) is 5.03.